The van der Waals surface area contributed by atoms with Gasteiger partial charge in [0.15, 0.2) is 0 Å². The van der Waals surface area contributed by atoms with Crippen LogP contribution >= 0.6 is 0 Å². The van der Waals surface area contributed by atoms with Crippen molar-refractivity contribution in [3.05, 3.63) is 88.5 Å². The summed E-state index contributed by atoms with van der Waals surface area (Å²) in [6.07, 6.45) is -4.91. The molecule has 0 bridgehead atoms. The Morgan fingerprint density at radius 1 is 0.951 bits per heavy atom. The molecule has 0 saturated carbocycles. The number of benzene rings is 3. The maximum Gasteiger partial charge on any atom is 0.417 e. The number of rotatable bonds is 7. The normalized spacial score (nSPS) is 14.6. The fourth-order valence-electron chi connectivity index (χ4n) is 4.32. The van der Waals surface area contributed by atoms with Gasteiger partial charge in [-0.2, -0.15) is 18.4 Å². The number of hydrogen-bond acceptors (Lipinski definition) is 6. The molecule has 13 heteroatoms. The maximum absolute atomic E-state index is 13.6. The number of carbonyl (C=O) groups is 4. The number of nitrogens with one attached hydrogen (secondary N) is 1. The van der Waals surface area contributed by atoms with Gasteiger partial charge in [-0.05, 0) is 74.0 Å². The number of hydrogen-bond donors (Lipinski definition) is 3. The molecular formula is C28H21F3N4O6. The molecule has 1 aliphatic heterocycles. The minimum atomic E-state index is -4.91. The molecule has 3 N–H and O–H groups in total. The van der Waals surface area contributed by atoms with Crippen LogP contribution in [0.1, 0.15) is 51.3 Å². The molecule has 0 radical (unpaired) electrons. The molecule has 0 aliphatic carbocycles. The Bertz CT molecular complexity index is 1630. The number of carbonyl (C=O) groups excluding carboxylic acids is 2. The number of nitrogens with zero attached hydrogens (tertiary/aromatic N) is 3. The zero-order chi connectivity index (χ0) is 30.3. The summed E-state index contributed by atoms with van der Waals surface area (Å²) in [5.41, 5.74) is -2.91. The molecule has 4 rings (SSSR count). The summed E-state index contributed by atoms with van der Waals surface area (Å²) < 4.78 is 40.7. The predicted molar refractivity (Wildman–Crippen MR) is 139 cm³/mol. The van der Waals surface area contributed by atoms with E-state index >= 15 is 0 Å². The summed E-state index contributed by atoms with van der Waals surface area (Å²) in [6.45, 7) is 2.60. The van der Waals surface area contributed by atoms with E-state index in [1.54, 1.807) is 0 Å². The second-order valence-corrected chi connectivity index (χ2v) is 9.59. The quantitative estimate of drug-likeness (QED) is 0.319. The van der Waals surface area contributed by atoms with Crippen molar-refractivity contribution in [3.8, 4) is 6.07 Å². The Balaban J connectivity index is 1.72. The van der Waals surface area contributed by atoms with Crippen molar-refractivity contribution in [2.75, 3.05) is 10.2 Å². The Kier molecular flexibility index (Phi) is 7.19. The lowest BCUT2D eigenvalue weighted by Gasteiger charge is -2.28. The van der Waals surface area contributed by atoms with Crippen molar-refractivity contribution in [2.45, 2.75) is 32.1 Å². The summed E-state index contributed by atoms with van der Waals surface area (Å²) >= 11 is 0. The van der Waals surface area contributed by atoms with Crippen LogP contribution in [-0.2, 0) is 17.5 Å². The van der Waals surface area contributed by atoms with E-state index in [1.165, 1.54) is 62.4 Å². The topological polar surface area (TPSA) is 151 Å². The van der Waals surface area contributed by atoms with Gasteiger partial charge in [-0.15, -0.1) is 0 Å². The fraction of sp³-hybridized carbons (Fsp3) is 0.179. The highest BCUT2D eigenvalue weighted by Crippen LogP contribution is 2.39. The first-order valence-corrected chi connectivity index (χ1v) is 11.9. The van der Waals surface area contributed by atoms with E-state index in [0.717, 1.165) is 17.0 Å². The van der Waals surface area contributed by atoms with Gasteiger partial charge in [0.25, 0.3) is 5.91 Å². The zero-order valence-electron chi connectivity index (χ0n) is 21.5. The number of imide groups is 1. The van der Waals surface area contributed by atoms with Gasteiger partial charge >= 0.3 is 24.1 Å². The zero-order valence-corrected chi connectivity index (χ0v) is 21.5. The van der Waals surface area contributed by atoms with E-state index in [4.69, 9.17) is 10.4 Å². The Morgan fingerprint density at radius 2 is 1.56 bits per heavy atom. The van der Waals surface area contributed by atoms with Crippen LogP contribution in [0.2, 0.25) is 0 Å². The van der Waals surface area contributed by atoms with Crippen molar-refractivity contribution in [3.63, 3.8) is 0 Å². The number of alkyl halides is 3. The van der Waals surface area contributed by atoms with Gasteiger partial charge in [-0.1, -0.05) is 6.07 Å². The standard InChI is InChI=1S/C28H21F3N4O6/c1-27(2)25(40)35(20-10-7-17(13-32)21(12-20)28(29,30)31)26(41)34(27)14-18-4-3-16(24(38)39)11-22(18)33-19-8-5-15(6-9-19)23(36)37/h3-12,33H,14H2,1-2H3,(H,36,37)(H,38,39). The summed E-state index contributed by atoms with van der Waals surface area (Å²) in [7, 11) is 0. The molecule has 1 heterocycles. The van der Waals surface area contributed by atoms with E-state index in [9.17, 15) is 37.5 Å². The Morgan fingerprint density at radius 3 is 2.12 bits per heavy atom. The molecule has 0 atom stereocenters. The van der Waals surface area contributed by atoms with Crippen molar-refractivity contribution >= 4 is 40.9 Å². The lowest BCUT2D eigenvalue weighted by molar-refractivity contribution is -0.137. The van der Waals surface area contributed by atoms with E-state index in [1.807, 2.05) is 0 Å². The van der Waals surface area contributed by atoms with Crippen molar-refractivity contribution in [1.29, 1.82) is 5.26 Å². The molecule has 3 aromatic rings. The second-order valence-electron chi connectivity index (χ2n) is 9.59. The average Bonchev–Trinajstić information content (AvgIpc) is 3.07. The van der Waals surface area contributed by atoms with Gasteiger partial charge in [0.1, 0.15) is 5.54 Å². The van der Waals surface area contributed by atoms with Gasteiger partial charge < -0.3 is 20.4 Å². The van der Waals surface area contributed by atoms with Crippen molar-refractivity contribution in [2.24, 2.45) is 0 Å². The third-order valence-corrected chi connectivity index (χ3v) is 6.61. The molecule has 0 aromatic heterocycles. The molecule has 41 heavy (non-hydrogen) atoms. The van der Waals surface area contributed by atoms with Crippen molar-refractivity contribution in [1.82, 2.24) is 4.90 Å². The Hall–Kier alpha value is -5.38. The van der Waals surface area contributed by atoms with Crippen LogP contribution < -0.4 is 10.2 Å². The highest BCUT2D eigenvalue weighted by molar-refractivity contribution is 6.23. The van der Waals surface area contributed by atoms with Crippen molar-refractivity contribution < 1.29 is 42.6 Å². The molecular weight excluding hydrogens is 545 g/mol. The molecule has 1 aliphatic rings. The lowest BCUT2D eigenvalue weighted by Crippen LogP contribution is -2.43. The molecule has 3 amide bonds. The molecule has 10 nitrogen and oxygen atoms in total. The first-order valence-electron chi connectivity index (χ1n) is 11.9. The number of aromatic carboxylic acids is 2. The molecule has 1 saturated heterocycles. The summed E-state index contributed by atoms with van der Waals surface area (Å²) in [6, 6.07) is 12.7. The maximum atomic E-state index is 13.6. The first-order chi connectivity index (χ1) is 19.1. The van der Waals surface area contributed by atoms with E-state index in [2.05, 4.69) is 5.32 Å². The minimum absolute atomic E-state index is 0.0227. The van der Waals surface area contributed by atoms with Crippen LogP contribution in [0.5, 0.6) is 0 Å². The largest absolute Gasteiger partial charge is 0.478 e. The van der Waals surface area contributed by atoms with Gasteiger partial charge in [0, 0.05) is 11.4 Å². The first kappa shape index (κ1) is 28.6. The van der Waals surface area contributed by atoms with Gasteiger partial charge in [0.2, 0.25) is 0 Å². The SMILES string of the molecule is CC1(C)C(=O)N(c2ccc(C#N)c(C(F)(F)F)c2)C(=O)N1Cc1ccc(C(=O)O)cc1Nc1ccc(C(=O)O)cc1. The van der Waals surface area contributed by atoms with Crippen LogP contribution in [0.25, 0.3) is 0 Å². The third-order valence-electron chi connectivity index (χ3n) is 6.61. The monoisotopic (exact) mass is 566 g/mol. The van der Waals surface area contributed by atoms with Gasteiger partial charge in [0.05, 0.1) is 40.6 Å². The van der Waals surface area contributed by atoms with Gasteiger partial charge in [-0.3, -0.25) is 4.79 Å². The highest BCUT2D eigenvalue weighted by Gasteiger charge is 2.52. The molecule has 0 unspecified atom stereocenters. The van der Waals surface area contributed by atoms with Gasteiger partial charge in [-0.25, -0.2) is 19.3 Å². The lowest BCUT2D eigenvalue weighted by atomic mass is 10.0. The number of nitriles is 1. The summed E-state index contributed by atoms with van der Waals surface area (Å²) in [4.78, 5) is 51.4. The van der Waals surface area contributed by atoms with E-state index in [0.29, 0.717) is 22.2 Å². The fourth-order valence-corrected chi connectivity index (χ4v) is 4.32. The molecule has 0 spiro atoms. The number of anilines is 3. The van der Waals surface area contributed by atoms with Crippen LogP contribution in [0.15, 0.2) is 60.7 Å². The number of amides is 3. The average molecular weight is 566 g/mol. The Labute approximate surface area is 230 Å². The minimum Gasteiger partial charge on any atom is -0.478 e. The van der Waals surface area contributed by atoms with E-state index in [-0.39, 0.29) is 29.0 Å². The third kappa shape index (κ3) is 5.40. The summed E-state index contributed by atoms with van der Waals surface area (Å²) in [5.74, 6) is -3.18. The van der Waals surface area contributed by atoms with Crippen LogP contribution in [0, 0.1) is 11.3 Å². The molecule has 1 fully saturated rings. The number of halogens is 3. The number of carboxylic acid groups (broad SMARTS) is 2. The van der Waals surface area contributed by atoms with Crippen LogP contribution in [0.4, 0.5) is 35.0 Å². The molecule has 3 aromatic carbocycles. The highest BCUT2D eigenvalue weighted by atomic mass is 19.4. The van der Waals surface area contributed by atoms with E-state index < -0.39 is 46.7 Å². The van der Waals surface area contributed by atoms with Crippen LogP contribution in [0.3, 0.4) is 0 Å². The second kappa shape index (κ2) is 10.3. The molecule has 210 valence electrons. The summed E-state index contributed by atoms with van der Waals surface area (Å²) in [5, 5.41) is 30.7. The smallest absolute Gasteiger partial charge is 0.417 e. The number of carboxylic acids is 2. The predicted octanol–water partition coefficient (Wildman–Crippen LogP) is 5.46. The van der Waals surface area contributed by atoms with Crippen LogP contribution in [-0.4, -0.2) is 44.5 Å². The number of urea groups is 1.